The van der Waals surface area contributed by atoms with Gasteiger partial charge in [-0.05, 0) is 18.2 Å². The largest absolute Gasteiger partial charge is 0.398 e. The lowest BCUT2D eigenvalue weighted by atomic mass is 10.1. The van der Waals surface area contributed by atoms with Crippen molar-refractivity contribution < 1.29 is 13.2 Å². The molecule has 0 bridgehead atoms. The van der Waals surface area contributed by atoms with Crippen molar-refractivity contribution in [2.75, 3.05) is 5.73 Å². The Hall–Kier alpha value is -1.40. The van der Waals surface area contributed by atoms with Gasteiger partial charge in [-0.1, -0.05) is 6.92 Å². The predicted octanol–water partition coefficient (Wildman–Crippen LogP) is 0.509. The van der Waals surface area contributed by atoms with E-state index in [9.17, 15) is 13.2 Å². The second kappa shape index (κ2) is 4.00. The zero-order valence-electron chi connectivity index (χ0n) is 8.23. The van der Waals surface area contributed by atoms with Crippen LogP contribution in [0.2, 0.25) is 0 Å². The van der Waals surface area contributed by atoms with Crippen LogP contribution >= 0.6 is 0 Å². The third kappa shape index (κ3) is 2.54. The van der Waals surface area contributed by atoms with Gasteiger partial charge in [0, 0.05) is 17.7 Å². The number of hydrogen-bond acceptors (Lipinski definition) is 4. The zero-order valence-corrected chi connectivity index (χ0v) is 9.04. The van der Waals surface area contributed by atoms with Crippen LogP contribution in [0.5, 0.6) is 0 Å². The molecule has 1 rings (SSSR count). The molecule has 0 heterocycles. The van der Waals surface area contributed by atoms with Gasteiger partial charge in [-0.15, -0.1) is 0 Å². The maximum Gasteiger partial charge on any atom is 0.238 e. The molecule has 6 heteroatoms. The quantitative estimate of drug-likeness (QED) is 0.581. The van der Waals surface area contributed by atoms with Crippen LogP contribution < -0.4 is 10.9 Å². The summed E-state index contributed by atoms with van der Waals surface area (Å²) in [4.78, 5) is 11.3. The number of ketones is 1. The van der Waals surface area contributed by atoms with Crippen molar-refractivity contribution in [3.63, 3.8) is 0 Å². The fourth-order valence-electron chi connectivity index (χ4n) is 1.14. The third-order valence-corrected chi connectivity index (χ3v) is 2.89. The van der Waals surface area contributed by atoms with E-state index < -0.39 is 10.0 Å². The van der Waals surface area contributed by atoms with Crippen LogP contribution in [0.3, 0.4) is 0 Å². The maximum atomic E-state index is 11.4. The van der Waals surface area contributed by atoms with Crippen molar-refractivity contribution in [1.82, 2.24) is 0 Å². The summed E-state index contributed by atoms with van der Waals surface area (Å²) in [5, 5.41) is 4.94. The van der Waals surface area contributed by atoms with E-state index in [0.29, 0.717) is 0 Å². The van der Waals surface area contributed by atoms with Crippen LogP contribution in [0.15, 0.2) is 23.1 Å². The molecule has 0 aliphatic carbocycles. The van der Waals surface area contributed by atoms with Crippen LogP contribution in [-0.2, 0) is 10.0 Å². The average molecular weight is 228 g/mol. The molecule has 0 saturated heterocycles. The number of carbonyl (C=O) groups excluding carboxylic acids is 1. The normalized spacial score (nSPS) is 11.3. The minimum absolute atomic E-state index is 0.103. The second-order valence-electron chi connectivity index (χ2n) is 3.07. The number of nitrogens with two attached hydrogens (primary N) is 2. The van der Waals surface area contributed by atoms with Crippen LogP contribution in [0.25, 0.3) is 0 Å². The topological polar surface area (TPSA) is 103 Å². The molecule has 5 nitrogen and oxygen atoms in total. The van der Waals surface area contributed by atoms with Crippen LogP contribution in [0.1, 0.15) is 23.7 Å². The minimum Gasteiger partial charge on any atom is -0.398 e. The Morgan fingerprint density at radius 3 is 2.47 bits per heavy atom. The molecule has 82 valence electrons. The average Bonchev–Trinajstić information content (AvgIpc) is 2.15. The number of benzene rings is 1. The van der Waals surface area contributed by atoms with Gasteiger partial charge in [-0.3, -0.25) is 4.79 Å². The summed E-state index contributed by atoms with van der Waals surface area (Å²) in [7, 11) is -3.79. The van der Waals surface area contributed by atoms with Gasteiger partial charge < -0.3 is 5.73 Å². The van der Waals surface area contributed by atoms with E-state index in [0.717, 1.165) is 0 Å². The van der Waals surface area contributed by atoms with E-state index in [-0.39, 0.29) is 28.4 Å². The standard InChI is InChI=1S/C9H12N2O3S/c1-2-9(12)7-5-6(15(11,13)14)3-4-8(7)10/h3-5H,2,10H2,1H3,(H2,11,13,14). The first-order valence-corrected chi connectivity index (χ1v) is 5.86. The number of rotatable bonds is 3. The molecule has 0 aliphatic heterocycles. The minimum atomic E-state index is -3.79. The molecule has 0 amide bonds. The Balaban J connectivity index is 3.36. The molecule has 4 N–H and O–H groups in total. The van der Waals surface area contributed by atoms with E-state index in [1.807, 2.05) is 0 Å². The Kier molecular flexibility index (Phi) is 3.11. The summed E-state index contributed by atoms with van der Waals surface area (Å²) < 4.78 is 22.1. The van der Waals surface area contributed by atoms with Crippen LogP contribution in [0.4, 0.5) is 5.69 Å². The molecule has 0 spiro atoms. The monoisotopic (exact) mass is 228 g/mol. The maximum absolute atomic E-state index is 11.4. The van der Waals surface area contributed by atoms with Gasteiger partial charge in [0.25, 0.3) is 0 Å². The first-order chi connectivity index (χ1) is 6.86. The Morgan fingerprint density at radius 2 is 2.00 bits per heavy atom. The van der Waals surface area contributed by atoms with Crippen molar-refractivity contribution >= 4 is 21.5 Å². The Morgan fingerprint density at radius 1 is 1.40 bits per heavy atom. The molecule has 15 heavy (non-hydrogen) atoms. The summed E-state index contributed by atoms with van der Waals surface area (Å²) in [6, 6.07) is 3.84. The van der Waals surface area contributed by atoms with E-state index in [2.05, 4.69) is 0 Å². The number of nitrogen functional groups attached to an aromatic ring is 1. The fraction of sp³-hybridized carbons (Fsp3) is 0.222. The zero-order chi connectivity index (χ0) is 11.6. The second-order valence-corrected chi connectivity index (χ2v) is 4.63. The lowest BCUT2D eigenvalue weighted by molar-refractivity contribution is 0.0989. The van der Waals surface area contributed by atoms with Crippen molar-refractivity contribution in [3.8, 4) is 0 Å². The summed E-state index contributed by atoms with van der Waals surface area (Å²) in [5.74, 6) is -0.210. The van der Waals surface area contributed by atoms with Crippen LogP contribution in [-0.4, -0.2) is 14.2 Å². The first kappa shape index (κ1) is 11.7. The molecular weight excluding hydrogens is 216 g/mol. The SMILES string of the molecule is CCC(=O)c1cc(S(N)(=O)=O)ccc1N. The van der Waals surface area contributed by atoms with Gasteiger partial charge >= 0.3 is 0 Å². The number of sulfonamides is 1. The van der Waals surface area contributed by atoms with Crippen LogP contribution in [0, 0.1) is 0 Å². The molecule has 0 unspecified atom stereocenters. The first-order valence-electron chi connectivity index (χ1n) is 4.31. The third-order valence-electron chi connectivity index (χ3n) is 1.97. The molecular formula is C9H12N2O3S. The molecule has 0 saturated carbocycles. The Bertz CT molecular complexity index is 494. The van der Waals surface area contributed by atoms with E-state index in [4.69, 9.17) is 10.9 Å². The van der Waals surface area contributed by atoms with Gasteiger partial charge in [0.2, 0.25) is 10.0 Å². The number of Topliss-reactive ketones (excluding diaryl/α,β-unsaturated/α-hetero) is 1. The molecule has 0 atom stereocenters. The van der Waals surface area contributed by atoms with Gasteiger partial charge in [-0.25, -0.2) is 13.6 Å². The number of carbonyl (C=O) groups is 1. The molecule has 0 aromatic heterocycles. The molecule has 0 aliphatic rings. The highest BCUT2D eigenvalue weighted by molar-refractivity contribution is 7.89. The summed E-state index contributed by atoms with van der Waals surface area (Å²) in [6.07, 6.45) is 0.262. The van der Waals surface area contributed by atoms with Gasteiger partial charge in [0.05, 0.1) is 4.90 Å². The van der Waals surface area contributed by atoms with Gasteiger partial charge in [-0.2, -0.15) is 0 Å². The van der Waals surface area contributed by atoms with Crippen molar-refractivity contribution in [2.24, 2.45) is 5.14 Å². The number of primary sulfonamides is 1. The highest BCUT2D eigenvalue weighted by Gasteiger charge is 2.13. The molecule has 0 radical (unpaired) electrons. The smallest absolute Gasteiger partial charge is 0.238 e. The summed E-state index contributed by atoms with van der Waals surface area (Å²) in [6.45, 7) is 1.67. The summed E-state index contributed by atoms with van der Waals surface area (Å²) in [5.41, 5.74) is 6.01. The van der Waals surface area contributed by atoms with E-state index in [1.54, 1.807) is 6.92 Å². The molecule has 1 aromatic carbocycles. The van der Waals surface area contributed by atoms with E-state index >= 15 is 0 Å². The number of anilines is 1. The highest BCUT2D eigenvalue weighted by Crippen LogP contribution is 2.18. The van der Waals surface area contributed by atoms with E-state index in [1.165, 1.54) is 18.2 Å². The fourth-order valence-corrected chi connectivity index (χ4v) is 1.68. The van der Waals surface area contributed by atoms with Gasteiger partial charge in [0.15, 0.2) is 5.78 Å². The lowest BCUT2D eigenvalue weighted by Crippen LogP contribution is -2.13. The van der Waals surface area contributed by atoms with Crippen molar-refractivity contribution in [3.05, 3.63) is 23.8 Å². The Labute approximate surface area is 88.1 Å². The summed E-state index contributed by atoms with van der Waals surface area (Å²) >= 11 is 0. The molecule has 1 aromatic rings. The lowest BCUT2D eigenvalue weighted by Gasteiger charge is -2.05. The highest BCUT2D eigenvalue weighted by atomic mass is 32.2. The van der Waals surface area contributed by atoms with Crippen molar-refractivity contribution in [1.29, 1.82) is 0 Å². The number of hydrogen-bond donors (Lipinski definition) is 2. The predicted molar refractivity (Wildman–Crippen MR) is 56.8 cm³/mol. The van der Waals surface area contributed by atoms with Crippen molar-refractivity contribution in [2.45, 2.75) is 18.2 Å². The molecule has 0 fully saturated rings. The van der Waals surface area contributed by atoms with Gasteiger partial charge in [0.1, 0.15) is 0 Å².